The quantitative estimate of drug-likeness (QED) is 0.124. The van der Waals surface area contributed by atoms with Crippen LogP contribution in [0.15, 0.2) is 60.7 Å². The number of alkyl carbamates (subject to hydrolysis) is 2. The van der Waals surface area contributed by atoms with E-state index >= 15 is 0 Å². The predicted molar refractivity (Wildman–Crippen MR) is 259 cm³/mol. The SMILES string of the molecule is CCC(C)[C@@H](NC(=O)OC)C(=O)N1CCCCC1C(=O)Nc1ccc(-c2ccc(-c3ccc(NC(=O)C4CCCCN4C(=O)[C@H](NC(=O)OC)C(C)CC)cc3)c3c2CC2(CCCC2)C3)cc1. The third-order valence-electron chi connectivity index (χ3n) is 15.2. The fourth-order valence-electron chi connectivity index (χ4n) is 10.9. The Morgan fingerprint density at radius 3 is 1.33 bits per heavy atom. The Balaban J connectivity index is 1.06. The number of benzene rings is 3. The van der Waals surface area contributed by atoms with Crippen LogP contribution in [0.3, 0.4) is 0 Å². The summed E-state index contributed by atoms with van der Waals surface area (Å²) in [6.45, 7) is 8.63. The molecule has 2 heterocycles. The molecule has 3 aromatic rings. The van der Waals surface area contributed by atoms with Gasteiger partial charge in [0.2, 0.25) is 23.6 Å². The van der Waals surface area contributed by atoms with Gasteiger partial charge in [0, 0.05) is 24.5 Å². The summed E-state index contributed by atoms with van der Waals surface area (Å²) in [5, 5.41) is 11.6. The molecule has 4 N–H and O–H groups in total. The highest BCUT2D eigenvalue weighted by Crippen LogP contribution is 2.53. The molecule has 4 unspecified atom stereocenters. The molecule has 1 saturated carbocycles. The number of nitrogens with one attached hydrogen (secondary N) is 4. The van der Waals surface area contributed by atoms with E-state index in [1.807, 2.05) is 52.0 Å². The van der Waals surface area contributed by atoms with Crippen molar-refractivity contribution < 1.29 is 38.2 Å². The van der Waals surface area contributed by atoms with Crippen LogP contribution in [0, 0.1) is 17.3 Å². The monoisotopic (exact) mass is 919 g/mol. The summed E-state index contributed by atoms with van der Waals surface area (Å²) < 4.78 is 9.62. The van der Waals surface area contributed by atoms with Crippen LogP contribution >= 0.6 is 0 Å². The lowest BCUT2D eigenvalue weighted by molar-refractivity contribution is -0.143. The average molecular weight is 919 g/mol. The number of nitrogens with zero attached hydrogens (tertiary/aromatic N) is 2. The number of hydrogen-bond acceptors (Lipinski definition) is 8. The number of anilines is 2. The van der Waals surface area contributed by atoms with Gasteiger partial charge >= 0.3 is 12.2 Å². The molecule has 4 aliphatic rings. The summed E-state index contributed by atoms with van der Waals surface area (Å²) in [7, 11) is 2.54. The highest BCUT2D eigenvalue weighted by Gasteiger charge is 2.43. The van der Waals surface area contributed by atoms with Crippen molar-refractivity contribution in [2.45, 2.75) is 142 Å². The Labute approximate surface area is 395 Å². The summed E-state index contributed by atoms with van der Waals surface area (Å²) in [6.07, 6.45) is 11.2. The van der Waals surface area contributed by atoms with Gasteiger partial charge in [-0.1, -0.05) is 89.8 Å². The molecule has 6 atom stereocenters. The third kappa shape index (κ3) is 10.9. The van der Waals surface area contributed by atoms with E-state index < -0.39 is 36.4 Å². The van der Waals surface area contributed by atoms with Crippen molar-refractivity contribution in [3.05, 3.63) is 71.8 Å². The first-order valence-electron chi connectivity index (χ1n) is 24.6. The standard InChI is InChI=1S/C53H70N6O8/c1-7-33(3)45(56-51(64)66-5)49(62)58-29-13-9-15-43(58)47(60)54-37-21-17-35(18-22-37)39-25-26-40(42-32-53(31-41(39)42)27-11-12-28-53)36-19-23-38(24-20-36)55-48(61)44-16-10-14-30-59(44)50(63)46(34(4)8-2)57-52(65)67-6/h17-26,33-34,43-46H,7-16,27-32H2,1-6H3,(H,54,60)(H,55,61)(H,56,64)(H,57,65)/t33?,34?,43?,44?,45-,46-/m1/s1. The molecule has 7 rings (SSSR count). The lowest BCUT2D eigenvalue weighted by Gasteiger charge is -2.38. The molecule has 3 aromatic carbocycles. The molecule has 67 heavy (non-hydrogen) atoms. The largest absolute Gasteiger partial charge is 0.453 e. The topological polar surface area (TPSA) is 175 Å². The van der Waals surface area contributed by atoms with Gasteiger partial charge in [0.1, 0.15) is 24.2 Å². The number of rotatable bonds is 14. The second-order valence-corrected chi connectivity index (χ2v) is 19.4. The molecule has 0 radical (unpaired) electrons. The molecule has 6 amide bonds. The van der Waals surface area contributed by atoms with Crippen LogP contribution in [0.4, 0.5) is 21.0 Å². The first-order valence-corrected chi connectivity index (χ1v) is 24.6. The highest BCUT2D eigenvalue weighted by atomic mass is 16.5. The molecule has 3 fully saturated rings. The number of fused-ring (bicyclic) bond motifs is 1. The minimum Gasteiger partial charge on any atom is -0.453 e. The Morgan fingerprint density at radius 1 is 0.582 bits per heavy atom. The molecule has 2 saturated heterocycles. The Bertz CT molecular complexity index is 2120. The van der Waals surface area contributed by atoms with Crippen LogP contribution in [-0.4, -0.2) is 97.1 Å². The number of carbonyl (C=O) groups excluding carboxylic acids is 6. The van der Waals surface area contributed by atoms with Crippen LogP contribution in [-0.2, 0) is 41.5 Å². The van der Waals surface area contributed by atoms with E-state index in [1.54, 1.807) is 9.80 Å². The molecule has 360 valence electrons. The number of carbonyl (C=O) groups is 6. The van der Waals surface area contributed by atoms with Gasteiger partial charge < -0.3 is 40.5 Å². The van der Waals surface area contributed by atoms with Crippen molar-refractivity contribution in [3.63, 3.8) is 0 Å². The van der Waals surface area contributed by atoms with E-state index in [2.05, 4.69) is 57.7 Å². The van der Waals surface area contributed by atoms with Gasteiger partial charge in [-0.2, -0.15) is 0 Å². The average Bonchev–Trinajstić information content (AvgIpc) is 3.99. The molecule has 2 aliphatic carbocycles. The van der Waals surface area contributed by atoms with Crippen molar-refractivity contribution in [2.24, 2.45) is 17.3 Å². The molecular weight excluding hydrogens is 849 g/mol. The summed E-state index contributed by atoms with van der Waals surface area (Å²) in [5.74, 6) is -1.31. The van der Waals surface area contributed by atoms with E-state index in [1.165, 1.54) is 62.2 Å². The lowest BCUT2D eigenvalue weighted by atomic mass is 9.82. The van der Waals surface area contributed by atoms with Gasteiger partial charge in [-0.15, -0.1) is 0 Å². The molecule has 0 bridgehead atoms. The third-order valence-corrected chi connectivity index (χ3v) is 15.2. The van der Waals surface area contributed by atoms with Crippen LogP contribution < -0.4 is 21.3 Å². The summed E-state index contributed by atoms with van der Waals surface area (Å²) in [6, 6.07) is 17.5. The first-order chi connectivity index (χ1) is 32.3. The normalized spacial score (nSPS) is 20.4. The predicted octanol–water partition coefficient (Wildman–Crippen LogP) is 8.86. The highest BCUT2D eigenvalue weighted by molar-refractivity contribution is 6.00. The molecular formula is C53H70N6O8. The number of methoxy groups -OCH3 is 2. The summed E-state index contributed by atoms with van der Waals surface area (Å²) in [5.41, 5.74) is 8.78. The van der Waals surface area contributed by atoms with E-state index in [4.69, 9.17) is 9.47 Å². The zero-order chi connectivity index (χ0) is 47.8. The molecule has 2 aliphatic heterocycles. The molecule has 14 nitrogen and oxygen atoms in total. The molecule has 1 spiro atoms. The van der Waals surface area contributed by atoms with Crippen molar-refractivity contribution in [1.29, 1.82) is 0 Å². The van der Waals surface area contributed by atoms with Gasteiger partial charge in [-0.05, 0) is 139 Å². The van der Waals surface area contributed by atoms with Gasteiger partial charge in [-0.25, -0.2) is 9.59 Å². The van der Waals surface area contributed by atoms with Crippen LogP contribution in [0.5, 0.6) is 0 Å². The Kier molecular flexibility index (Phi) is 15.9. The van der Waals surface area contributed by atoms with Crippen LogP contribution in [0.1, 0.15) is 116 Å². The number of likely N-dealkylation sites (tertiary alicyclic amines) is 2. The maximum atomic E-state index is 13.9. The zero-order valence-electron chi connectivity index (χ0n) is 40.2. The van der Waals surface area contributed by atoms with Crippen molar-refractivity contribution in [2.75, 3.05) is 37.9 Å². The van der Waals surface area contributed by atoms with Gasteiger partial charge in [-0.3, -0.25) is 19.2 Å². The van der Waals surface area contributed by atoms with E-state index in [-0.39, 0.29) is 40.9 Å². The number of amides is 6. The smallest absolute Gasteiger partial charge is 0.407 e. The first kappa shape index (κ1) is 49.0. The summed E-state index contributed by atoms with van der Waals surface area (Å²) >= 11 is 0. The fraction of sp³-hybridized carbons (Fsp3) is 0.547. The Hall–Kier alpha value is -5.92. The number of hydrogen-bond donors (Lipinski definition) is 4. The minimum atomic E-state index is -0.792. The maximum Gasteiger partial charge on any atom is 0.407 e. The van der Waals surface area contributed by atoms with E-state index in [9.17, 15) is 28.8 Å². The molecule has 0 aromatic heterocycles. The van der Waals surface area contributed by atoms with Crippen LogP contribution in [0.25, 0.3) is 22.3 Å². The minimum absolute atomic E-state index is 0.142. The van der Waals surface area contributed by atoms with E-state index in [0.717, 1.165) is 49.7 Å². The zero-order valence-corrected chi connectivity index (χ0v) is 40.2. The van der Waals surface area contributed by atoms with Gasteiger partial charge in [0.05, 0.1) is 14.2 Å². The van der Waals surface area contributed by atoms with Crippen molar-refractivity contribution in [3.8, 4) is 22.3 Å². The fourth-order valence-corrected chi connectivity index (χ4v) is 10.9. The van der Waals surface area contributed by atoms with Crippen molar-refractivity contribution in [1.82, 2.24) is 20.4 Å². The Morgan fingerprint density at radius 2 is 0.970 bits per heavy atom. The van der Waals surface area contributed by atoms with Crippen molar-refractivity contribution >= 4 is 47.2 Å². The van der Waals surface area contributed by atoms with Crippen LogP contribution in [0.2, 0.25) is 0 Å². The van der Waals surface area contributed by atoms with Gasteiger partial charge in [0.25, 0.3) is 0 Å². The second-order valence-electron chi connectivity index (χ2n) is 19.4. The number of ether oxygens (including phenoxy) is 2. The lowest BCUT2D eigenvalue weighted by Crippen LogP contribution is -2.58. The maximum absolute atomic E-state index is 13.9. The second kappa shape index (κ2) is 21.8. The molecule has 14 heteroatoms. The van der Waals surface area contributed by atoms with E-state index in [0.29, 0.717) is 50.1 Å². The summed E-state index contributed by atoms with van der Waals surface area (Å²) in [4.78, 5) is 83.0. The van der Waals surface area contributed by atoms with Gasteiger partial charge in [0.15, 0.2) is 0 Å². The number of piperidine rings is 2.